The van der Waals surface area contributed by atoms with Crippen LogP contribution >= 0.6 is 0 Å². The molecule has 0 bridgehead atoms. The number of hydrogen-bond acceptors (Lipinski definition) is 4. The maximum atomic E-state index is 5.14. The molecule has 0 unspecified atom stereocenters. The van der Waals surface area contributed by atoms with E-state index in [9.17, 15) is 0 Å². The number of aliphatic imine (C=N–C) groups is 1. The fourth-order valence-corrected chi connectivity index (χ4v) is 2.01. The predicted molar refractivity (Wildman–Crippen MR) is 79.1 cm³/mol. The van der Waals surface area contributed by atoms with Gasteiger partial charge >= 0.3 is 0 Å². The first-order chi connectivity index (χ1) is 9.29. The van der Waals surface area contributed by atoms with E-state index >= 15 is 0 Å². The lowest BCUT2D eigenvalue weighted by atomic mass is 10.1. The van der Waals surface area contributed by atoms with Crippen LogP contribution in [0.25, 0.3) is 0 Å². The topological polar surface area (TPSA) is 46.0 Å². The zero-order valence-corrected chi connectivity index (χ0v) is 11.6. The molecule has 1 aliphatic rings. The average Bonchev–Trinajstić information content (AvgIpc) is 2.73. The molecule has 19 heavy (non-hydrogen) atoms. The zero-order chi connectivity index (χ0) is 13.5. The van der Waals surface area contributed by atoms with E-state index in [1.165, 1.54) is 19.3 Å². The van der Waals surface area contributed by atoms with Crippen molar-refractivity contribution in [1.29, 1.82) is 0 Å². The summed E-state index contributed by atoms with van der Waals surface area (Å²) in [6.45, 7) is 2.91. The van der Waals surface area contributed by atoms with E-state index in [1.54, 1.807) is 7.11 Å². The molecule has 0 aliphatic carbocycles. The van der Waals surface area contributed by atoms with Gasteiger partial charge in [-0.25, -0.2) is 0 Å². The molecule has 0 saturated heterocycles. The summed E-state index contributed by atoms with van der Waals surface area (Å²) in [7, 11) is 1.67. The zero-order valence-electron chi connectivity index (χ0n) is 11.6. The monoisotopic (exact) mass is 259 g/mol. The molecule has 1 heterocycles. The van der Waals surface area contributed by atoms with Crippen molar-refractivity contribution in [3.8, 4) is 5.75 Å². The molecule has 2 rings (SSSR count). The fourth-order valence-electron chi connectivity index (χ4n) is 2.01. The summed E-state index contributed by atoms with van der Waals surface area (Å²) < 4.78 is 5.14. The Morgan fingerprint density at radius 1 is 1.21 bits per heavy atom. The first-order valence-corrected chi connectivity index (χ1v) is 6.77. The van der Waals surface area contributed by atoms with Gasteiger partial charge in [0.05, 0.1) is 12.8 Å². The van der Waals surface area contributed by atoms with Crippen LogP contribution in [0.4, 0.5) is 0 Å². The van der Waals surface area contributed by atoms with Gasteiger partial charge in [-0.05, 0) is 49.6 Å². The van der Waals surface area contributed by atoms with Gasteiger partial charge in [-0.15, -0.1) is 0 Å². The Hall–Kier alpha value is -1.84. The molecule has 0 atom stereocenters. The van der Waals surface area contributed by atoms with Crippen LogP contribution in [0, 0.1) is 0 Å². The number of hydrazone groups is 1. The second kappa shape index (κ2) is 6.92. The molecule has 1 N–H and O–H groups in total. The third-order valence-electron chi connectivity index (χ3n) is 3.23. The van der Waals surface area contributed by atoms with Crippen molar-refractivity contribution in [2.24, 2.45) is 10.1 Å². The minimum absolute atomic E-state index is 0.859. The number of hydrogen-bond donors (Lipinski definition) is 1. The van der Waals surface area contributed by atoms with Crippen molar-refractivity contribution in [3.05, 3.63) is 29.8 Å². The van der Waals surface area contributed by atoms with Gasteiger partial charge in [-0.1, -0.05) is 6.42 Å². The van der Waals surface area contributed by atoms with Gasteiger partial charge in [0, 0.05) is 13.0 Å². The normalized spacial score (nSPS) is 16.5. The Bertz CT molecular complexity index is 463. The second-order valence-corrected chi connectivity index (χ2v) is 4.68. The summed E-state index contributed by atoms with van der Waals surface area (Å²) in [6, 6.07) is 7.90. The fraction of sp³-hybridized carbons (Fsp3) is 0.467. The van der Waals surface area contributed by atoms with E-state index in [4.69, 9.17) is 4.74 Å². The number of nitrogens with one attached hydrogen (secondary N) is 1. The summed E-state index contributed by atoms with van der Waals surface area (Å²) >= 11 is 0. The first-order valence-electron chi connectivity index (χ1n) is 6.77. The van der Waals surface area contributed by atoms with E-state index < -0.39 is 0 Å². The van der Waals surface area contributed by atoms with Crippen molar-refractivity contribution in [2.75, 3.05) is 13.7 Å². The van der Waals surface area contributed by atoms with Crippen molar-refractivity contribution in [3.63, 3.8) is 0 Å². The minimum atomic E-state index is 0.859. The van der Waals surface area contributed by atoms with Crippen LogP contribution in [0.2, 0.25) is 0 Å². The molecule has 0 radical (unpaired) electrons. The SMILES string of the molecule is COc1ccc(C(C)=NNC2=NCCCCC2)cc1. The Kier molecular flexibility index (Phi) is 4.95. The van der Waals surface area contributed by atoms with Crippen molar-refractivity contribution in [2.45, 2.75) is 32.6 Å². The number of rotatable bonds is 3. The van der Waals surface area contributed by atoms with Crippen molar-refractivity contribution >= 4 is 11.5 Å². The summed E-state index contributed by atoms with van der Waals surface area (Å²) in [5.74, 6) is 1.86. The Morgan fingerprint density at radius 2 is 2.00 bits per heavy atom. The molecule has 4 heteroatoms. The maximum absolute atomic E-state index is 5.14. The number of amidine groups is 1. The predicted octanol–water partition coefficient (Wildman–Crippen LogP) is 2.98. The molecule has 0 aromatic heterocycles. The quantitative estimate of drug-likeness (QED) is 0.670. The van der Waals surface area contributed by atoms with E-state index in [1.807, 2.05) is 31.2 Å². The Labute approximate surface area is 114 Å². The molecule has 102 valence electrons. The van der Waals surface area contributed by atoms with Crippen molar-refractivity contribution < 1.29 is 4.74 Å². The van der Waals surface area contributed by atoms with Crippen LogP contribution in [-0.4, -0.2) is 25.2 Å². The van der Waals surface area contributed by atoms with Crippen molar-refractivity contribution in [1.82, 2.24) is 5.43 Å². The molecular weight excluding hydrogens is 238 g/mol. The molecule has 0 spiro atoms. The number of methoxy groups -OCH3 is 1. The maximum Gasteiger partial charge on any atom is 0.118 e. The largest absolute Gasteiger partial charge is 0.497 e. The van der Waals surface area contributed by atoms with E-state index in [0.717, 1.165) is 35.8 Å². The van der Waals surface area contributed by atoms with Gasteiger partial charge in [-0.3, -0.25) is 10.4 Å². The first kappa shape index (κ1) is 13.6. The van der Waals surface area contributed by atoms with Crippen LogP contribution in [0.15, 0.2) is 34.4 Å². The number of nitrogens with zero attached hydrogens (tertiary/aromatic N) is 2. The van der Waals surface area contributed by atoms with Crippen LogP contribution in [-0.2, 0) is 0 Å². The van der Waals surface area contributed by atoms with Gasteiger partial charge in [0.2, 0.25) is 0 Å². The van der Waals surface area contributed by atoms with Crippen LogP contribution in [0.3, 0.4) is 0 Å². The Balaban J connectivity index is 1.99. The summed E-state index contributed by atoms with van der Waals surface area (Å²) in [4.78, 5) is 4.49. The van der Waals surface area contributed by atoms with Crippen LogP contribution in [0.1, 0.15) is 38.2 Å². The highest BCUT2D eigenvalue weighted by atomic mass is 16.5. The number of ether oxygens (including phenoxy) is 1. The lowest BCUT2D eigenvalue weighted by Gasteiger charge is -2.06. The highest BCUT2D eigenvalue weighted by Crippen LogP contribution is 2.12. The average molecular weight is 259 g/mol. The van der Waals surface area contributed by atoms with Gasteiger partial charge in [0.15, 0.2) is 0 Å². The number of benzene rings is 1. The minimum Gasteiger partial charge on any atom is -0.497 e. The second-order valence-electron chi connectivity index (χ2n) is 4.68. The van der Waals surface area contributed by atoms with Gasteiger partial charge < -0.3 is 4.74 Å². The third kappa shape index (κ3) is 4.09. The highest BCUT2D eigenvalue weighted by Gasteiger charge is 2.03. The Morgan fingerprint density at radius 3 is 2.74 bits per heavy atom. The van der Waals surface area contributed by atoms with E-state index in [-0.39, 0.29) is 0 Å². The molecule has 1 aliphatic heterocycles. The third-order valence-corrected chi connectivity index (χ3v) is 3.23. The lowest BCUT2D eigenvalue weighted by molar-refractivity contribution is 0.415. The molecule has 0 amide bonds. The molecule has 1 aromatic rings. The molecule has 1 aromatic carbocycles. The summed E-state index contributed by atoms with van der Waals surface area (Å²) in [6.07, 6.45) is 4.64. The van der Waals surface area contributed by atoms with Crippen LogP contribution in [0.5, 0.6) is 5.75 Å². The smallest absolute Gasteiger partial charge is 0.118 e. The summed E-state index contributed by atoms with van der Waals surface area (Å²) in [5.41, 5.74) is 5.13. The lowest BCUT2D eigenvalue weighted by Crippen LogP contribution is -2.19. The molecule has 0 saturated carbocycles. The molecule has 0 fully saturated rings. The van der Waals surface area contributed by atoms with E-state index in [0.29, 0.717) is 0 Å². The van der Waals surface area contributed by atoms with Gasteiger partial charge in [0.1, 0.15) is 11.6 Å². The molecule has 4 nitrogen and oxygen atoms in total. The highest BCUT2D eigenvalue weighted by molar-refractivity contribution is 5.99. The van der Waals surface area contributed by atoms with Crippen LogP contribution < -0.4 is 10.2 Å². The van der Waals surface area contributed by atoms with E-state index in [2.05, 4.69) is 15.5 Å². The summed E-state index contributed by atoms with van der Waals surface area (Å²) in [5, 5.41) is 4.41. The standard InChI is InChI=1S/C15H21N3O/c1-12(13-7-9-14(19-2)10-8-13)17-18-15-6-4-3-5-11-16-15/h7-10H,3-6,11H2,1-2H3,(H,16,18). The molecular formula is C15H21N3O. The van der Waals surface area contributed by atoms with Gasteiger partial charge in [0.25, 0.3) is 0 Å². The van der Waals surface area contributed by atoms with Gasteiger partial charge in [-0.2, -0.15) is 5.10 Å².